The third kappa shape index (κ3) is 6.22. The number of hydrogen-bond acceptors (Lipinski definition) is 5. The van der Waals surface area contributed by atoms with Crippen LogP contribution >= 0.6 is 0 Å². The Hall–Kier alpha value is -3.57. The van der Waals surface area contributed by atoms with E-state index < -0.39 is 0 Å². The standard InChI is InChI=1S/C27H29N3O2/c1-21-19-27(25-13-5-6-14-26(25)29-21)30-22-9-7-12-24(20-22)31-17-8-15-28-16-18-32-23-10-3-2-4-11-23/h2-7,9-14,19-20,28H,8,15-18H2,1H3,(H,29,30). The summed E-state index contributed by atoms with van der Waals surface area (Å²) in [7, 11) is 0. The molecule has 0 spiro atoms. The highest BCUT2D eigenvalue weighted by atomic mass is 16.5. The highest BCUT2D eigenvalue weighted by Gasteiger charge is 2.05. The Morgan fingerprint density at radius 1 is 0.750 bits per heavy atom. The molecule has 0 saturated heterocycles. The molecule has 5 heteroatoms. The van der Waals surface area contributed by atoms with E-state index in [1.165, 1.54) is 0 Å². The van der Waals surface area contributed by atoms with Crippen LogP contribution in [0.5, 0.6) is 11.5 Å². The molecule has 32 heavy (non-hydrogen) atoms. The second-order valence-electron chi connectivity index (χ2n) is 7.59. The molecule has 5 nitrogen and oxygen atoms in total. The second-order valence-corrected chi connectivity index (χ2v) is 7.59. The zero-order chi connectivity index (χ0) is 22.0. The number of rotatable bonds is 11. The van der Waals surface area contributed by atoms with Crippen LogP contribution < -0.4 is 20.1 Å². The smallest absolute Gasteiger partial charge is 0.121 e. The van der Waals surface area contributed by atoms with Crippen LogP contribution in [-0.4, -0.2) is 31.3 Å². The number of benzene rings is 3. The second kappa shape index (κ2) is 11.2. The third-order valence-corrected chi connectivity index (χ3v) is 5.01. The summed E-state index contributed by atoms with van der Waals surface area (Å²) in [4.78, 5) is 4.61. The van der Waals surface area contributed by atoms with Gasteiger partial charge in [-0.15, -0.1) is 0 Å². The maximum Gasteiger partial charge on any atom is 0.121 e. The van der Waals surface area contributed by atoms with Gasteiger partial charge < -0.3 is 20.1 Å². The number of aryl methyl sites for hydroxylation is 1. The van der Waals surface area contributed by atoms with Crippen molar-refractivity contribution in [1.82, 2.24) is 10.3 Å². The van der Waals surface area contributed by atoms with Crippen LogP contribution in [0, 0.1) is 6.92 Å². The number of anilines is 2. The van der Waals surface area contributed by atoms with Gasteiger partial charge in [0.25, 0.3) is 0 Å². The van der Waals surface area contributed by atoms with Crippen molar-refractivity contribution in [2.75, 3.05) is 31.6 Å². The molecule has 0 atom stereocenters. The highest BCUT2D eigenvalue weighted by Crippen LogP contribution is 2.28. The number of nitrogens with one attached hydrogen (secondary N) is 2. The number of pyridine rings is 1. The SMILES string of the molecule is Cc1cc(Nc2cccc(OCCCNCCOc3ccccc3)c2)c2ccccc2n1. The number of aromatic nitrogens is 1. The largest absolute Gasteiger partial charge is 0.493 e. The molecule has 2 N–H and O–H groups in total. The Bertz CT molecular complexity index is 1130. The molecule has 1 aromatic heterocycles. The van der Waals surface area contributed by atoms with Crippen molar-refractivity contribution in [3.05, 3.63) is 90.6 Å². The van der Waals surface area contributed by atoms with E-state index in [-0.39, 0.29) is 0 Å². The van der Waals surface area contributed by atoms with Crippen LogP contribution in [-0.2, 0) is 0 Å². The topological polar surface area (TPSA) is 55.4 Å². The number of nitrogens with zero attached hydrogens (tertiary/aromatic N) is 1. The van der Waals surface area contributed by atoms with E-state index in [0.717, 1.165) is 59.0 Å². The lowest BCUT2D eigenvalue weighted by atomic mass is 10.1. The first-order chi connectivity index (χ1) is 15.8. The van der Waals surface area contributed by atoms with Gasteiger partial charge in [-0.05, 0) is 56.3 Å². The summed E-state index contributed by atoms with van der Waals surface area (Å²) in [5.74, 6) is 1.76. The zero-order valence-electron chi connectivity index (χ0n) is 18.4. The maximum absolute atomic E-state index is 5.95. The molecular weight excluding hydrogens is 398 g/mol. The maximum atomic E-state index is 5.95. The summed E-state index contributed by atoms with van der Waals surface area (Å²) in [6.45, 7) is 5.03. The van der Waals surface area contributed by atoms with Crippen molar-refractivity contribution in [3.63, 3.8) is 0 Å². The Kier molecular flexibility index (Phi) is 7.55. The summed E-state index contributed by atoms with van der Waals surface area (Å²) in [6.07, 6.45) is 0.928. The monoisotopic (exact) mass is 427 g/mol. The van der Waals surface area contributed by atoms with Gasteiger partial charge in [-0.25, -0.2) is 0 Å². The lowest BCUT2D eigenvalue weighted by molar-refractivity contribution is 0.294. The van der Waals surface area contributed by atoms with E-state index in [1.807, 2.05) is 79.7 Å². The molecule has 0 aliphatic heterocycles. The predicted octanol–water partition coefficient (Wildman–Crippen LogP) is 5.72. The van der Waals surface area contributed by atoms with Crippen LogP contribution in [0.25, 0.3) is 10.9 Å². The van der Waals surface area contributed by atoms with Crippen LogP contribution in [0.4, 0.5) is 11.4 Å². The van der Waals surface area contributed by atoms with Gasteiger partial charge in [0, 0.05) is 35.1 Å². The van der Waals surface area contributed by atoms with E-state index in [0.29, 0.717) is 13.2 Å². The summed E-state index contributed by atoms with van der Waals surface area (Å²) < 4.78 is 11.6. The normalized spacial score (nSPS) is 10.8. The molecule has 4 rings (SSSR count). The summed E-state index contributed by atoms with van der Waals surface area (Å²) in [6, 6.07) is 28.2. The minimum Gasteiger partial charge on any atom is -0.493 e. The first-order valence-electron chi connectivity index (χ1n) is 11.0. The molecular formula is C27H29N3O2. The van der Waals surface area contributed by atoms with E-state index in [1.54, 1.807) is 0 Å². The molecule has 4 aromatic rings. The van der Waals surface area contributed by atoms with Crippen LogP contribution in [0.3, 0.4) is 0 Å². The molecule has 3 aromatic carbocycles. The summed E-state index contributed by atoms with van der Waals surface area (Å²) in [5.41, 5.74) is 4.02. The van der Waals surface area contributed by atoms with Gasteiger partial charge >= 0.3 is 0 Å². The van der Waals surface area contributed by atoms with Crippen molar-refractivity contribution in [1.29, 1.82) is 0 Å². The van der Waals surface area contributed by atoms with Gasteiger partial charge in [-0.2, -0.15) is 0 Å². The zero-order valence-corrected chi connectivity index (χ0v) is 18.4. The fraction of sp³-hybridized carbons (Fsp3) is 0.222. The Balaban J connectivity index is 1.21. The molecule has 0 radical (unpaired) electrons. The fourth-order valence-corrected chi connectivity index (χ4v) is 3.50. The van der Waals surface area contributed by atoms with Crippen LogP contribution in [0.1, 0.15) is 12.1 Å². The molecule has 0 saturated carbocycles. The molecule has 0 unspecified atom stereocenters. The van der Waals surface area contributed by atoms with Gasteiger partial charge in [-0.1, -0.05) is 42.5 Å². The lowest BCUT2D eigenvalue weighted by Crippen LogP contribution is -2.23. The molecule has 1 heterocycles. The van der Waals surface area contributed by atoms with E-state index in [4.69, 9.17) is 9.47 Å². The number of para-hydroxylation sites is 2. The Morgan fingerprint density at radius 3 is 2.44 bits per heavy atom. The summed E-state index contributed by atoms with van der Waals surface area (Å²) >= 11 is 0. The van der Waals surface area contributed by atoms with Crippen molar-refractivity contribution in [2.45, 2.75) is 13.3 Å². The average Bonchev–Trinajstić information content (AvgIpc) is 2.81. The number of ether oxygens (including phenoxy) is 2. The first-order valence-corrected chi connectivity index (χ1v) is 11.0. The Labute approximate surface area is 189 Å². The average molecular weight is 428 g/mol. The van der Waals surface area contributed by atoms with Gasteiger partial charge in [0.05, 0.1) is 12.1 Å². The quantitative estimate of drug-likeness (QED) is 0.300. The first kappa shape index (κ1) is 21.7. The third-order valence-electron chi connectivity index (χ3n) is 5.01. The predicted molar refractivity (Wildman–Crippen MR) is 131 cm³/mol. The highest BCUT2D eigenvalue weighted by molar-refractivity contribution is 5.93. The van der Waals surface area contributed by atoms with Crippen molar-refractivity contribution >= 4 is 22.3 Å². The molecule has 0 aliphatic rings. The van der Waals surface area contributed by atoms with E-state index in [9.17, 15) is 0 Å². The molecule has 0 bridgehead atoms. The molecule has 0 fully saturated rings. The molecule has 0 aliphatic carbocycles. The van der Waals surface area contributed by atoms with Gasteiger partial charge in [0.1, 0.15) is 18.1 Å². The van der Waals surface area contributed by atoms with Crippen molar-refractivity contribution in [2.24, 2.45) is 0 Å². The Morgan fingerprint density at radius 2 is 1.53 bits per heavy atom. The number of hydrogen-bond donors (Lipinski definition) is 2. The van der Waals surface area contributed by atoms with Gasteiger partial charge in [-0.3, -0.25) is 4.98 Å². The minimum absolute atomic E-state index is 0.655. The van der Waals surface area contributed by atoms with Crippen molar-refractivity contribution in [3.8, 4) is 11.5 Å². The summed E-state index contributed by atoms with van der Waals surface area (Å²) in [5, 5.41) is 8.01. The van der Waals surface area contributed by atoms with Crippen LogP contribution in [0.2, 0.25) is 0 Å². The van der Waals surface area contributed by atoms with Gasteiger partial charge in [0.15, 0.2) is 0 Å². The number of fused-ring (bicyclic) bond motifs is 1. The minimum atomic E-state index is 0.655. The fourth-order valence-electron chi connectivity index (χ4n) is 3.50. The lowest BCUT2D eigenvalue weighted by Gasteiger charge is -2.13. The van der Waals surface area contributed by atoms with Crippen molar-refractivity contribution < 1.29 is 9.47 Å². The molecule has 0 amide bonds. The van der Waals surface area contributed by atoms with E-state index >= 15 is 0 Å². The van der Waals surface area contributed by atoms with Gasteiger partial charge in [0.2, 0.25) is 0 Å². The van der Waals surface area contributed by atoms with E-state index in [2.05, 4.69) is 27.8 Å². The molecule has 164 valence electrons. The van der Waals surface area contributed by atoms with Crippen LogP contribution in [0.15, 0.2) is 84.9 Å².